The molecule has 3 heterocycles. The number of para-hydroxylation sites is 1. The molecule has 2 amide bonds. The lowest BCUT2D eigenvalue weighted by Crippen LogP contribution is -2.26. The summed E-state index contributed by atoms with van der Waals surface area (Å²) in [7, 11) is 0. The molecule has 0 aliphatic carbocycles. The van der Waals surface area contributed by atoms with Crippen molar-refractivity contribution in [2.24, 2.45) is 0 Å². The third kappa shape index (κ3) is 3.75. The van der Waals surface area contributed by atoms with Gasteiger partial charge in [0.2, 0.25) is 0 Å². The van der Waals surface area contributed by atoms with Gasteiger partial charge in [0.15, 0.2) is 0 Å². The predicted octanol–water partition coefficient (Wildman–Crippen LogP) is 4.75. The van der Waals surface area contributed by atoms with Crippen LogP contribution in [-0.2, 0) is 16.1 Å². The summed E-state index contributed by atoms with van der Waals surface area (Å²) in [5, 5.41) is 4.45. The molecule has 2 N–H and O–H groups in total. The Morgan fingerprint density at radius 3 is 2.41 bits per heavy atom. The Labute approximate surface area is 203 Å². The van der Waals surface area contributed by atoms with E-state index in [4.69, 9.17) is 0 Å². The van der Waals surface area contributed by atoms with Crippen molar-refractivity contribution in [3.05, 3.63) is 66.0 Å². The molecule has 2 aromatic heterocycles. The minimum atomic E-state index is -0.352. The molecule has 4 aromatic rings. The largest absolute Gasteiger partial charge is 0.361 e. The molecular weight excluding hydrogens is 444 g/mol. The maximum absolute atomic E-state index is 13.1. The monoisotopic (exact) mass is 472 g/mol. The number of hydrogen-bond acceptors (Lipinski definition) is 4. The van der Waals surface area contributed by atoms with Crippen molar-refractivity contribution in [1.29, 1.82) is 0 Å². The summed E-state index contributed by atoms with van der Waals surface area (Å²) in [6.07, 6.45) is 5.93. The number of benzene rings is 2. The van der Waals surface area contributed by atoms with E-state index in [9.17, 15) is 9.59 Å². The lowest BCUT2D eigenvalue weighted by Gasteiger charge is -2.18. The number of thioether (sulfide) groups is 1. The van der Waals surface area contributed by atoms with Gasteiger partial charge in [-0.05, 0) is 37.5 Å². The van der Waals surface area contributed by atoms with Crippen molar-refractivity contribution in [3.63, 3.8) is 0 Å². The third-order valence-electron chi connectivity index (χ3n) is 6.70. The second kappa shape index (κ2) is 9.16. The van der Waals surface area contributed by atoms with Gasteiger partial charge < -0.3 is 14.5 Å². The van der Waals surface area contributed by atoms with Crippen LogP contribution in [0, 0.1) is 0 Å². The summed E-state index contributed by atoms with van der Waals surface area (Å²) in [6.45, 7) is 8.04. The van der Waals surface area contributed by atoms with Gasteiger partial charge in [0.05, 0.1) is 11.1 Å². The molecule has 5 rings (SSSR count). The zero-order valence-electron chi connectivity index (χ0n) is 19.6. The number of aromatic nitrogens is 2. The first-order valence-corrected chi connectivity index (χ1v) is 12.8. The van der Waals surface area contributed by atoms with Crippen LogP contribution < -0.4 is 5.32 Å². The van der Waals surface area contributed by atoms with Crippen LogP contribution >= 0.6 is 11.8 Å². The highest BCUT2D eigenvalue weighted by atomic mass is 32.2. The predicted molar refractivity (Wildman–Crippen MR) is 140 cm³/mol. The number of fused-ring (bicyclic) bond motifs is 2. The highest BCUT2D eigenvalue weighted by Gasteiger charge is 2.35. The van der Waals surface area contributed by atoms with Gasteiger partial charge in [-0.15, -0.1) is 11.8 Å². The molecule has 7 heteroatoms. The SMILES string of the molecule is CCN(CC)CCn1cc(C2=C(c3c[nH]c4ccccc34)C(=O)NC2=O)c2ccc(SC)cc21. The van der Waals surface area contributed by atoms with Gasteiger partial charge in [-0.25, -0.2) is 0 Å². The Balaban J connectivity index is 1.71. The topological polar surface area (TPSA) is 70.1 Å². The lowest BCUT2D eigenvalue weighted by molar-refractivity contribution is -0.122. The first-order chi connectivity index (χ1) is 16.5. The number of amides is 2. The first kappa shape index (κ1) is 22.5. The number of nitrogens with one attached hydrogen (secondary N) is 2. The Bertz CT molecular complexity index is 1440. The summed E-state index contributed by atoms with van der Waals surface area (Å²) >= 11 is 1.69. The molecule has 34 heavy (non-hydrogen) atoms. The molecule has 0 atom stereocenters. The quantitative estimate of drug-likeness (QED) is 0.287. The van der Waals surface area contributed by atoms with Crippen molar-refractivity contribution < 1.29 is 9.59 Å². The number of hydrogen-bond donors (Lipinski definition) is 2. The van der Waals surface area contributed by atoms with Crippen LogP contribution in [0.5, 0.6) is 0 Å². The molecule has 1 aliphatic rings. The fourth-order valence-corrected chi connectivity index (χ4v) is 5.25. The number of imide groups is 1. The second-order valence-electron chi connectivity index (χ2n) is 8.43. The molecule has 2 aromatic carbocycles. The summed E-state index contributed by atoms with van der Waals surface area (Å²) in [5.41, 5.74) is 4.43. The zero-order chi connectivity index (χ0) is 23.8. The summed E-state index contributed by atoms with van der Waals surface area (Å²) in [5.74, 6) is -0.698. The van der Waals surface area contributed by atoms with Crippen LogP contribution in [0.4, 0.5) is 0 Å². The molecule has 0 unspecified atom stereocenters. The van der Waals surface area contributed by atoms with E-state index in [1.165, 1.54) is 4.90 Å². The molecule has 0 bridgehead atoms. The molecule has 0 fully saturated rings. The lowest BCUT2D eigenvalue weighted by atomic mass is 9.95. The number of rotatable bonds is 8. The molecule has 0 radical (unpaired) electrons. The molecular formula is C27H28N4O2S. The minimum Gasteiger partial charge on any atom is -0.361 e. The number of likely N-dealkylation sites (N-methyl/N-ethyl adjacent to an activating group) is 1. The Hall–Kier alpha value is -3.29. The molecule has 0 saturated carbocycles. The standard InChI is InChI=1S/C27H28N4O2S/c1-4-30(5-2)12-13-31-16-21(19-11-10-17(34-3)14-23(19)31)25-24(26(32)29-27(25)33)20-15-28-22-9-7-6-8-18(20)22/h6-11,14-16,28H,4-5,12-13H2,1-3H3,(H,29,32,33). The zero-order valence-corrected chi connectivity index (χ0v) is 20.5. The number of nitrogens with zero attached hydrogens (tertiary/aromatic N) is 2. The van der Waals surface area contributed by atoms with E-state index in [1.807, 2.05) is 36.7 Å². The van der Waals surface area contributed by atoms with Crippen molar-refractivity contribution >= 4 is 56.5 Å². The number of carbonyl (C=O) groups excluding carboxylic acids is 2. The van der Waals surface area contributed by atoms with Gasteiger partial charge in [0, 0.05) is 63.3 Å². The van der Waals surface area contributed by atoms with E-state index in [0.717, 1.165) is 59.1 Å². The average molecular weight is 473 g/mol. The van der Waals surface area contributed by atoms with Crippen LogP contribution in [0.15, 0.2) is 59.8 Å². The van der Waals surface area contributed by atoms with Crippen molar-refractivity contribution in [3.8, 4) is 0 Å². The molecule has 0 spiro atoms. The summed E-state index contributed by atoms with van der Waals surface area (Å²) in [6, 6.07) is 14.2. The summed E-state index contributed by atoms with van der Waals surface area (Å²) < 4.78 is 2.22. The Morgan fingerprint density at radius 2 is 1.68 bits per heavy atom. The van der Waals surface area contributed by atoms with Crippen LogP contribution in [0.3, 0.4) is 0 Å². The van der Waals surface area contributed by atoms with E-state index in [0.29, 0.717) is 11.1 Å². The van der Waals surface area contributed by atoms with Crippen molar-refractivity contribution in [2.45, 2.75) is 25.3 Å². The van der Waals surface area contributed by atoms with Crippen LogP contribution in [0.2, 0.25) is 0 Å². The second-order valence-corrected chi connectivity index (χ2v) is 9.31. The van der Waals surface area contributed by atoms with Crippen molar-refractivity contribution in [1.82, 2.24) is 19.8 Å². The molecule has 174 valence electrons. The fraction of sp³-hybridized carbons (Fsp3) is 0.259. The number of aromatic amines is 1. The van der Waals surface area contributed by atoms with Crippen molar-refractivity contribution in [2.75, 3.05) is 25.9 Å². The minimum absolute atomic E-state index is 0.345. The molecule has 1 aliphatic heterocycles. The third-order valence-corrected chi connectivity index (χ3v) is 7.43. The van der Waals surface area contributed by atoms with Gasteiger partial charge in [-0.2, -0.15) is 0 Å². The molecule has 6 nitrogen and oxygen atoms in total. The fourth-order valence-electron chi connectivity index (χ4n) is 4.82. The average Bonchev–Trinajstić information content (AvgIpc) is 3.52. The normalized spacial score (nSPS) is 14.2. The van der Waals surface area contributed by atoms with Crippen LogP contribution in [0.1, 0.15) is 25.0 Å². The maximum atomic E-state index is 13.1. The number of H-pyrrole nitrogens is 1. The smallest absolute Gasteiger partial charge is 0.259 e. The van der Waals surface area contributed by atoms with Crippen LogP contribution in [0.25, 0.3) is 33.0 Å². The summed E-state index contributed by atoms with van der Waals surface area (Å²) in [4.78, 5) is 32.9. The Kier molecular flexibility index (Phi) is 6.06. The van der Waals surface area contributed by atoms with Gasteiger partial charge in [0.1, 0.15) is 0 Å². The van der Waals surface area contributed by atoms with E-state index in [1.54, 1.807) is 11.8 Å². The van der Waals surface area contributed by atoms with E-state index in [2.05, 4.69) is 58.1 Å². The van der Waals surface area contributed by atoms with Gasteiger partial charge in [-0.1, -0.05) is 38.1 Å². The Morgan fingerprint density at radius 1 is 0.941 bits per heavy atom. The van der Waals surface area contributed by atoms with E-state index >= 15 is 0 Å². The van der Waals surface area contributed by atoms with E-state index < -0.39 is 0 Å². The first-order valence-electron chi connectivity index (χ1n) is 11.6. The van der Waals surface area contributed by atoms with Gasteiger partial charge in [0.25, 0.3) is 11.8 Å². The number of carbonyl (C=O) groups is 2. The highest BCUT2D eigenvalue weighted by molar-refractivity contribution is 7.98. The van der Waals surface area contributed by atoms with Crippen LogP contribution in [-0.4, -0.2) is 52.2 Å². The molecule has 0 saturated heterocycles. The highest BCUT2D eigenvalue weighted by Crippen LogP contribution is 2.39. The van der Waals surface area contributed by atoms with Gasteiger partial charge in [-0.3, -0.25) is 14.9 Å². The van der Waals surface area contributed by atoms with Gasteiger partial charge >= 0.3 is 0 Å². The maximum Gasteiger partial charge on any atom is 0.259 e. The van der Waals surface area contributed by atoms with E-state index in [-0.39, 0.29) is 11.8 Å².